The van der Waals surface area contributed by atoms with Crippen LogP contribution in [0.1, 0.15) is 20.3 Å². The van der Waals surface area contributed by atoms with E-state index in [0.29, 0.717) is 11.4 Å². The predicted molar refractivity (Wildman–Crippen MR) is 78.9 cm³/mol. The molecule has 1 saturated heterocycles. The zero-order valence-electron chi connectivity index (χ0n) is 12.3. The molecule has 0 radical (unpaired) electrons. The van der Waals surface area contributed by atoms with Crippen molar-refractivity contribution in [2.45, 2.75) is 25.0 Å². The SMILES string of the molecule is CCOC(=O)C1(C)CCN(c2ccc(OC)cc2)S1(=O)=O. The Kier molecular flexibility index (Phi) is 4.13. The van der Waals surface area contributed by atoms with Gasteiger partial charge in [-0.1, -0.05) is 0 Å². The van der Waals surface area contributed by atoms with E-state index in [9.17, 15) is 13.2 Å². The van der Waals surface area contributed by atoms with Crippen LogP contribution in [0.4, 0.5) is 5.69 Å². The molecule has 0 amide bonds. The lowest BCUT2D eigenvalue weighted by Gasteiger charge is -2.24. The highest BCUT2D eigenvalue weighted by atomic mass is 32.2. The number of rotatable bonds is 4. The summed E-state index contributed by atoms with van der Waals surface area (Å²) in [4.78, 5) is 12.0. The maximum Gasteiger partial charge on any atom is 0.329 e. The van der Waals surface area contributed by atoms with E-state index in [1.54, 1.807) is 38.3 Å². The summed E-state index contributed by atoms with van der Waals surface area (Å²) in [7, 11) is -2.26. The Balaban J connectivity index is 2.34. The fraction of sp³-hybridized carbons (Fsp3) is 0.500. The summed E-state index contributed by atoms with van der Waals surface area (Å²) in [5, 5.41) is 0. The number of carbonyl (C=O) groups excluding carboxylic acids is 1. The van der Waals surface area contributed by atoms with Gasteiger partial charge >= 0.3 is 5.97 Å². The van der Waals surface area contributed by atoms with E-state index in [0.717, 1.165) is 0 Å². The van der Waals surface area contributed by atoms with Crippen LogP contribution >= 0.6 is 0 Å². The van der Waals surface area contributed by atoms with Gasteiger partial charge in [0, 0.05) is 6.54 Å². The molecule has 1 aliphatic rings. The normalized spacial score (nSPS) is 23.9. The second-order valence-corrected chi connectivity index (χ2v) is 7.27. The van der Waals surface area contributed by atoms with Crippen LogP contribution in [-0.2, 0) is 19.6 Å². The highest BCUT2D eigenvalue weighted by Gasteiger charge is 2.55. The maximum absolute atomic E-state index is 12.7. The van der Waals surface area contributed by atoms with Gasteiger partial charge in [-0.2, -0.15) is 0 Å². The Morgan fingerprint density at radius 3 is 2.48 bits per heavy atom. The lowest BCUT2D eigenvalue weighted by atomic mass is 10.1. The van der Waals surface area contributed by atoms with Gasteiger partial charge in [0.15, 0.2) is 4.75 Å². The molecule has 6 nitrogen and oxygen atoms in total. The van der Waals surface area contributed by atoms with Crippen LogP contribution in [-0.4, -0.2) is 39.4 Å². The van der Waals surface area contributed by atoms with Gasteiger partial charge in [0.1, 0.15) is 5.75 Å². The minimum Gasteiger partial charge on any atom is -0.497 e. The first-order valence-corrected chi connectivity index (χ1v) is 8.14. The highest BCUT2D eigenvalue weighted by Crippen LogP contribution is 2.37. The van der Waals surface area contributed by atoms with Crippen molar-refractivity contribution in [3.63, 3.8) is 0 Å². The van der Waals surface area contributed by atoms with Crippen molar-refractivity contribution in [3.8, 4) is 5.75 Å². The Morgan fingerprint density at radius 2 is 1.95 bits per heavy atom. The van der Waals surface area contributed by atoms with Crippen molar-refractivity contribution in [1.82, 2.24) is 0 Å². The molecule has 0 spiro atoms. The topological polar surface area (TPSA) is 72.9 Å². The largest absolute Gasteiger partial charge is 0.497 e. The fourth-order valence-corrected chi connectivity index (χ4v) is 4.15. The number of esters is 1. The summed E-state index contributed by atoms with van der Waals surface area (Å²) in [6.07, 6.45) is 0.209. The van der Waals surface area contributed by atoms with E-state index in [-0.39, 0.29) is 19.6 Å². The molecular formula is C14H19NO5S. The molecule has 1 fully saturated rings. The van der Waals surface area contributed by atoms with Gasteiger partial charge in [0.25, 0.3) is 10.0 Å². The van der Waals surface area contributed by atoms with Gasteiger partial charge in [-0.25, -0.2) is 8.42 Å². The predicted octanol–water partition coefficient (Wildman–Crippen LogP) is 1.56. The van der Waals surface area contributed by atoms with Gasteiger partial charge in [-0.05, 0) is 44.5 Å². The summed E-state index contributed by atoms with van der Waals surface area (Å²) in [6.45, 7) is 3.49. The second-order valence-electron chi connectivity index (χ2n) is 4.98. The van der Waals surface area contributed by atoms with Crippen LogP contribution in [0.3, 0.4) is 0 Å². The molecule has 0 aromatic heterocycles. The van der Waals surface area contributed by atoms with Gasteiger partial charge in [-0.15, -0.1) is 0 Å². The Labute approximate surface area is 124 Å². The van der Waals surface area contributed by atoms with Crippen LogP contribution in [0.5, 0.6) is 5.75 Å². The highest BCUT2D eigenvalue weighted by molar-refractivity contribution is 7.95. The zero-order valence-corrected chi connectivity index (χ0v) is 13.1. The van der Waals surface area contributed by atoms with Crippen molar-refractivity contribution in [2.75, 3.05) is 24.6 Å². The third-order valence-electron chi connectivity index (χ3n) is 3.72. The molecule has 116 valence electrons. The number of nitrogens with zero attached hydrogens (tertiary/aromatic N) is 1. The lowest BCUT2D eigenvalue weighted by Crippen LogP contribution is -2.45. The van der Waals surface area contributed by atoms with Crippen LogP contribution in [0.2, 0.25) is 0 Å². The molecule has 1 aromatic rings. The fourth-order valence-electron chi connectivity index (χ4n) is 2.31. The Morgan fingerprint density at radius 1 is 1.33 bits per heavy atom. The summed E-state index contributed by atoms with van der Waals surface area (Å²) in [5.41, 5.74) is 0.517. The first-order valence-electron chi connectivity index (χ1n) is 6.70. The van der Waals surface area contributed by atoms with Crippen molar-refractivity contribution in [3.05, 3.63) is 24.3 Å². The van der Waals surface area contributed by atoms with Crippen molar-refractivity contribution in [1.29, 1.82) is 0 Å². The summed E-state index contributed by atoms with van der Waals surface area (Å²) in [5.74, 6) is -0.0514. The first kappa shape index (κ1) is 15.6. The monoisotopic (exact) mass is 313 g/mol. The minimum atomic E-state index is -3.80. The van der Waals surface area contributed by atoms with Crippen molar-refractivity contribution < 1.29 is 22.7 Å². The molecule has 0 saturated carbocycles. The third kappa shape index (κ3) is 2.46. The number of hydrogen-bond donors (Lipinski definition) is 0. The molecule has 0 bridgehead atoms. The molecule has 2 rings (SSSR count). The molecule has 7 heteroatoms. The second kappa shape index (κ2) is 5.55. The molecule has 1 unspecified atom stereocenters. The zero-order chi connectivity index (χ0) is 15.7. The van der Waals surface area contributed by atoms with Crippen LogP contribution in [0.15, 0.2) is 24.3 Å². The van der Waals surface area contributed by atoms with Crippen molar-refractivity contribution in [2.24, 2.45) is 0 Å². The molecule has 1 heterocycles. The average molecular weight is 313 g/mol. The summed E-state index contributed by atoms with van der Waals surface area (Å²) < 4.78 is 35.1. The molecule has 0 N–H and O–H groups in total. The van der Waals surface area contributed by atoms with Crippen LogP contribution < -0.4 is 9.04 Å². The molecule has 1 aliphatic heterocycles. The van der Waals surface area contributed by atoms with Gasteiger partial charge in [0.2, 0.25) is 0 Å². The molecule has 21 heavy (non-hydrogen) atoms. The minimum absolute atomic E-state index is 0.159. The van der Waals surface area contributed by atoms with Crippen LogP contribution in [0.25, 0.3) is 0 Å². The average Bonchev–Trinajstić information content (AvgIpc) is 2.71. The van der Waals surface area contributed by atoms with E-state index >= 15 is 0 Å². The number of hydrogen-bond acceptors (Lipinski definition) is 5. The summed E-state index contributed by atoms with van der Waals surface area (Å²) in [6, 6.07) is 6.69. The van der Waals surface area contributed by atoms with Crippen molar-refractivity contribution >= 4 is 21.7 Å². The molecular weight excluding hydrogens is 294 g/mol. The van der Waals surface area contributed by atoms with E-state index in [4.69, 9.17) is 9.47 Å². The number of ether oxygens (including phenoxy) is 2. The number of carbonyl (C=O) groups is 1. The first-order chi connectivity index (χ1) is 9.86. The number of benzene rings is 1. The summed E-state index contributed by atoms with van der Waals surface area (Å²) >= 11 is 0. The smallest absolute Gasteiger partial charge is 0.329 e. The van der Waals surface area contributed by atoms with E-state index in [1.165, 1.54) is 11.2 Å². The van der Waals surface area contributed by atoms with Gasteiger partial charge in [-0.3, -0.25) is 9.10 Å². The quantitative estimate of drug-likeness (QED) is 0.789. The maximum atomic E-state index is 12.7. The molecule has 0 aliphatic carbocycles. The van der Waals surface area contributed by atoms with Gasteiger partial charge in [0.05, 0.1) is 19.4 Å². The Bertz CT molecular complexity index is 625. The van der Waals surface area contributed by atoms with E-state index in [1.807, 2.05) is 0 Å². The standard InChI is InChI=1S/C14H19NO5S/c1-4-20-13(16)14(2)9-10-15(21(14,17)18)11-5-7-12(19-3)8-6-11/h5-8H,4,9-10H2,1-3H3. The lowest BCUT2D eigenvalue weighted by molar-refractivity contribution is -0.145. The Hall–Kier alpha value is -1.76. The number of methoxy groups -OCH3 is 1. The van der Waals surface area contributed by atoms with Gasteiger partial charge < -0.3 is 9.47 Å². The van der Waals surface area contributed by atoms with E-state index < -0.39 is 20.7 Å². The number of anilines is 1. The van der Waals surface area contributed by atoms with Crippen LogP contribution in [0, 0.1) is 0 Å². The molecule has 1 atom stereocenters. The number of sulfonamides is 1. The third-order valence-corrected chi connectivity index (χ3v) is 6.20. The molecule has 1 aromatic carbocycles. The van der Waals surface area contributed by atoms with E-state index in [2.05, 4.69) is 0 Å².